The molecule has 2 rings (SSSR count). The number of carbonyl (C=O) groups is 2. The maximum absolute atomic E-state index is 13.5. The van der Waals surface area contributed by atoms with E-state index in [0.29, 0.717) is 42.4 Å². The minimum atomic E-state index is -1.41. The summed E-state index contributed by atoms with van der Waals surface area (Å²) >= 11 is 0. The van der Waals surface area contributed by atoms with E-state index in [1.807, 2.05) is 71.1 Å². The van der Waals surface area contributed by atoms with Crippen LogP contribution in [0.3, 0.4) is 0 Å². The van der Waals surface area contributed by atoms with Crippen molar-refractivity contribution in [2.75, 3.05) is 0 Å². The van der Waals surface area contributed by atoms with E-state index in [2.05, 4.69) is 0 Å². The second kappa shape index (κ2) is 25.3. The molecule has 14 atom stereocenters. The molecule has 59 heavy (non-hydrogen) atoms. The zero-order chi connectivity index (χ0) is 44.6. The number of rotatable bonds is 10. The summed E-state index contributed by atoms with van der Waals surface area (Å²) in [5.74, 6) is -3.41. The Morgan fingerprint density at radius 3 is 2.29 bits per heavy atom. The molecule has 0 amide bonds. The van der Waals surface area contributed by atoms with Crippen molar-refractivity contribution >= 4 is 11.8 Å². The normalized spacial score (nSPS) is 32.5. The molecule has 336 valence electrons. The van der Waals surface area contributed by atoms with Crippen molar-refractivity contribution < 1.29 is 54.8 Å². The molecule has 0 aromatic heterocycles. The lowest BCUT2D eigenvalue weighted by atomic mass is 9.85. The van der Waals surface area contributed by atoms with Gasteiger partial charge in [0, 0.05) is 54.9 Å². The van der Waals surface area contributed by atoms with Crippen LogP contribution in [0.1, 0.15) is 133 Å². The van der Waals surface area contributed by atoms with Gasteiger partial charge in [-0.25, -0.2) is 4.79 Å². The van der Waals surface area contributed by atoms with Crippen LogP contribution in [0.15, 0.2) is 70.9 Å². The number of aliphatic hydroxyl groups is 7. The summed E-state index contributed by atoms with van der Waals surface area (Å²) in [6.45, 7) is 18.2. The van der Waals surface area contributed by atoms with E-state index in [-0.39, 0.29) is 67.7 Å². The monoisotopic (exact) mass is 831 g/mol. The predicted octanol–water partition coefficient (Wildman–Crippen LogP) is 6.73. The lowest BCUT2D eigenvalue weighted by Crippen LogP contribution is -2.47. The minimum absolute atomic E-state index is 0.0661. The third kappa shape index (κ3) is 17.6. The highest BCUT2D eigenvalue weighted by Crippen LogP contribution is 2.37. The quantitative estimate of drug-likeness (QED) is 0.0912. The number of ketones is 1. The van der Waals surface area contributed by atoms with Gasteiger partial charge < -0.3 is 45.2 Å². The number of esters is 1. The molecule has 0 aliphatic carbocycles. The average Bonchev–Trinajstić information content (AvgIpc) is 3.18. The molecule has 0 aromatic carbocycles. The lowest BCUT2D eigenvalue weighted by Gasteiger charge is -2.41. The first kappa shape index (κ1) is 52.4. The highest BCUT2D eigenvalue weighted by Gasteiger charge is 2.41. The Kier molecular flexibility index (Phi) is 22.4. The van der Waals surface area contributed by atoms with E-state index < -0.39 is 60.4 Å². The number of aliphatic hydroxyl groups excluding tert-OH is 6. The first-order valence-electron chi connectivity index (χ1n) is 21.8. The van der Waals surface area contributed by atoms with Gasteiger partial charge in [0.25, 0.3) is 0 Å². The van der Waals surface area contributed by atoms with Crippen LogP contribution in [0.25, 0.3) is 0 Å². The SMILES string of the molecule is CCC(O)C(C)C(O)CC(O)C(O)/C=C(\C)CC(C)C1CC(O)C(C)C=CC=CCC(C)C(=O)CC2CCC(C)C(O)(CC=C(C)C=C(C)C(O)CC=C(C)C(=O)O1)O2. The van der Waals surface area contributed by atoms with Crippen molar-refractivity contribution in [3.05, 3.63) is 70.9 Å². The van der Waals surface area contributed by atoms with Gasteiger partial charge in [-0.05, 0) is 77.7 Å². The number of ether oxygens (including phenoxy) is 2. The second-order valence-corrected chi connectivity index (χ2v) is 17.9. The van der Waals surface area contributed by atoms with Crippen LogP contribution >= 0.6 is 0 Å². The van der Waals surface area contributed by atoms with Crippen molar-refractivity contribution in [1.29, 1.82) is 0 Å². The molecule has 0 aromatic rings. The number of allylic oxidation sites excluding steroid dienone is 6. The Bertz CT molecular complexity index is 1510. The van der Waals surface area contributed by atoms with Crippen molar-refractivity contribution in [2.24, 2.45) is 29.6 Å². The van der Waals surface area contributed by atoms with E-state index in [9.17, 15) is 45.3 Å². The molecule has 11 nitrogen and oxygen atoms in total. The largest absolute Gasteiger partial charge is 0.459 e. The summed E-state index contributed by atoms with van der Waals surface area (Å²) in [4.78, 5) is 26.7. The fourth-order valence-electron chi connectivity index (χ4n) is 7.60. The van der Waals surface area contributed by atoms with Crippen LogP contribution in [-0.2, 0) is 19.1 Å². The highest BCUT2D eigenvalue weighted by atomic mass is 16.6. The fraction of sp³-hybridized carbons (Fsp3) is 0.708. The highest BCUT2D eigenvalue weighted by molar-refractivity contribution is 5.87. The van der Waals surface area contributed by atoms with Gasteiger partial charge in [0.15, 0.2) is 5.79 Å². The summed E-state index contributed by atoms with van der Waals surface area (Å²) in [5.41, 5.74) is 2.52. The van der Waals surface area contributed by atoms with Gasteiger partial charge in [0.1, 0.15) is 11.9 Å². The summed E-state index contributed by atoms with van der Waals surface area (Å²) in [7, 11) is 0. The molecule has 7 N–H and O–H groups in total. The van der Waals surface area contributed by atoms with E-state index in [4.69, 9.17) is 9.47 Å². The van der Waals surface area contributed by atoms with E-state index in [1.54, 1.807) is 40.7 Å². The molecular formula is C48H78O11. The average molecular weight is 831 g/mol. The van der Waals surface area contributed by atoms with Crippen LogP contribution in [0.5, 0.6) is 0 Å². The standard InChI is InChI=1S/C48H78O11/c1-11-39(49)37(10)43(53)27-45(55)44(54)25-30(3)24-35(8)46-28-42(52)32(5)16-14-12-13-15-31(4)41(51)26-38-19-18-36(9)48(57,59-38)22-21-29(2)23-34(7)40(50)20-17-33(6)47(56)58-46/h12-14,16-17,21,23,25,31-32,35-40,42-46,49-50,52-55,57H,11,15,18-20,22,24,26-28H2,1-10H3/b13-12?,16-14?,29-21?,30-25+,33-17?,34-23?. The third-order valence-electron chi connectivity index (χ3n) is 12.4. The molecule has 1 saturated heterocycles. The molecule has 1 fully saturated rings. The molecule has 0 radical (unpaired) electrons. The maximum Gasteiger partial charge on any atom is 0.333 e. The second-order valence-electron chi connectivity index (χ2n) is 17.9. The van der Waals surface area contributed by atoms with Gasteiger partial charge >= 0.3 is 5.97 Å². The van der Waals surface area contributed by atoms with Crippen molar-refractivity contribution in [3.8, 4) is 0 Å². The van der Waals surface area contributed by atoms with Crippen LogP contribution in [0, 0.1) is 29.6 Å². The number of carbonyl (C=O) groups excluding carboxylic acids is 2. The lowest BCUT2D eigenvalue weighted by molar-refractivity contribution is -0.277. The predicted molar refractivity (Wildman–Crippen MR) is 232 cm³/mol. The van der Waals surface area contributed by atoms with Crippen LogP contribution in [-0.4, -0.2) is 102 Å². The maximum atomic E-state index is 13.5. The molecule has 2 aliphatic rings. The molecular weight excluding hydrogens is 753 g/mol. The Hall–Kier alpha value is -2.74. The van der Waals surface area contributed by atoms with E-state index in [1.165, 1.54) is 6.08 Å². The van der Waals surface area contributed by atoms with Crippen LogP contribution < -0.4 is 0 Å². The molecule has 0 spiro atoms. The zero-order valence-corrected chi connectivity index (χ0v) is 37.5. The molecule has 2 aliphatic heterocycles. The van der Waals surface area contributed by atoms with Gasteiger partial charge in [-0.1, -0.05) is 101 Å². The summed E-state index contributed by atoms with van der Waals surface area (Å²) in [6.07, 6.45) is 10.5. The number of hydrogen-bond acceptors (Lipinski definition) is 11. The molecule has 2 heterocycles. The summed E-state index contributed by atoms with van der Waals surface area (Å²) < 4.78 is 12.2. The Morgan fingerprint density at radius 1 is 0.949 bits per heavy atom. The molecule has 14 unspecified atom stereocenters. The van der Waals surface area contributed by atoms with Crippen molar-refractivity contribution in [1.82, 2.24) is 0 Å². The topological polar surface area (TPSA) is 194 Å². The molecule has 2 bridgehead atoms. The first-order chi connectivity index (χ1) is 27.6. The minimum Gasteiger partial charge on any atom is -0.459 e. The Morgan fingerprint density at radius 2 is 1.63 bits per heavy atom. The van der Waals surface area contributed by atoms with Crippen LogP contribution in [0.4, 0.5) is 0 Å². The third-order valence-corrected chi connectivity index (χ3v) is 12.4. The number of cyclic esters (lactones) is 1. The Balaban J connectivity index is 2.35. The number of Topliss-reactive ketones (excluding diaryl/α,β-unsaturated/α-hetero) is 1. The van der Waals surface area contributed by atoms with Gasteiger partial charge in [-0.3, -0.25) is 4.79 Å². The van der Waals surface area contributed by atoms with Gasteiger partial charge in [-0.2, -0.15) is 0 Å². The zero-order valence-electron chi connectivity index (χ0n) is 37.5. The summed E-state index contributed by atoms with van der Waals surface area (Å²) in [5, 5.41) is 75.9. The van der Waals surface area contributed by atoms with E-state index >= 15 is 0 Å². The van der Waals surface area contributed by atoms with E-state index in [0.717, 1.165) is 12.0 Å². The molecule has 0 saturated carbocycles. The summed E-state index contributed by atoms with van der Waals surface area (Å²) in [6, 6.07) is 0. The first-order valence-corrected chi connectivity index (χ1v) is 21.8. The fourth-order valence-corrected chi connectivity index (χ4v) is 7.60. The Labute approximate surface area is 354 Å². The van der Waals surface area contributed by atoms with Gasteiger partial charge in [-0.15, -0.1) is 0 Å². The smallest absolute Gasteiger partial charge is 0.333 e. The van der Waals surface area contributed by atoms with Gasteiger partial charge in [0.05, 0.1) is 42.7 Å². The van der Waals surface area contributed by atoms with Crippen molar-refractivity contribution in [2.45, 2.75) is 188 Å². The number of fused-ring (bicyclic) bond motifs is 2. The van der Waals surface area contributed by atoms with Crippen molar-refractivity contribution in [3.63, 3.8) is 0 Å². The number of hydrogen-bond donors (Lipinski definition) is 7. The van der Waals surface area contributed by atoms with Crippen LogP contribution in [0.2, 0.25) is 0 Å². The molecule has 11 heteroatoms. The van der Waals surface area contributed by atoms with Gasteiger partial charge in [0.2, 0.25) is 0 Å².